The molecule has 0 bridgehead atoms. The number of aromatic amines is 1. The molecule has 4 rings (SSSR count). The van der Waals surface area contributed by atoms with Crippen molar-refractivity contribution in [3.05, 3.63) is 46.1 Å². The molecular weight excluding hydrogens is 373 g/mol. The number of piperidine rings is 1. The van der Waals surface area contributed by atoms with Gasteiger partial charge >= 0.3 is 0 Å². The Labute approximate surface area is 161 Å². The zero-order valence-corrected chi connectivity index (χ0v) is 15.8. The monoisotopic (exact) mass is 391 g/mol. The van der Waals surface area contributed by atoms with Gasteiger partial charge in [-0.3, -0.25) is 4.79 Å². The number of nitrogens with one attached hydrogen (secondary N) is 2. The number of carbonyl (C=O) groups excluding carboxylic acids is 1. The zero-order valence-electron chi connectivity index (χ0n) is 14.3. The predicted octanol–water partition coefficient (Wildman–Crippen LogP) is 4.56. The third-order valence-corrected chi connectivity index (χ3v) is 5.53. The predicted molar refractivity (Wildman–Crippen MR) is 104 cm³/mol. The fourth-order valence-electron chi connectivity index (χ4n) is 3.27. The van der Waals surface area contributed by atoms with Crippen LogP contribution in [0.2, 0.25) is 10.0 Å². The highest BCUT2D eigenvalue weighted by molar-refractivity contribution is 6.42. The number of nitrogens with zero attached hydrogens (tertiary/aromatic N) is 1. The van der Waals surface area contributed by atoms with Crippen molar-refractivity contribution in [1.82, 2.24) is 15.2 Å². The van der Waals surface area contributed by atoms with Crippen molar-refractivity contribution in [3.8, 4) is 11.5 Å². The second kappa shape index (κ2) is 6.99. The first kappa shape index (κ1) is 17.5. The molecule has 1 aliphatic heterocycles. The third kappa shape index (κ3) is 3.47. The molecule has 3 heterocycles. The summed E-state index contributed by atoms with van der Waals surface area (Å²) in [4.78, 5) is 17.9. The quantitative estimate of drug-likeness (QED) is 0.687. The molecule has 0 saturated carbocycles. The van der Waals surface area contributed by atoms with Crippen LogP contribution in [0.3, 0.4) is 0 Å². The first-order valence-electron chi connectivity index (χ1n) is 8.57. The van der Waals surface area contributed by atoms with Crippen molar-refractivity contribution in [3.63, 3.8) is 0 Å². The molecule has 0 spiro atoms. The lowest BCUT2D eigenvalue weighted by Gasteiger charge is -2.29. The van der Waals surface area contributed by atoms with Gasteiger partial charge in [0.2, 0.25) is 0 Å². The minimum atomic E-state index is -0.173. The van der Waals surface area contributed by atoms with Gasteiger partial charge in [-0.25, -0.2) is 0 Å². The zero-order chi connectivity index (χ0) is 18.3. The molecule has 1 aliphatic rings. The Morgan fingerprint density at radius 1 is 1.19 bits per heavy atom. The lowest BCUT2D eigenvalue weighted by molar-refractivity contribution is 0.0889. The Hall–Kier alpha value is -1.95. The van der Waals surface area contributed by atoms with Crippen LogP contribution in [-0.2, 0) is 0 Å². The summed E-state index contributed by atoms with van der Waals surface area (Å²) >= 11 is 12.1. The number of amides is 1. The molecule has 0 atom stereocenters. The van der Waals surface area contributed by atoms with Gasteiger partial charge in [-0.15, -0.1) is 0 Å². The van der Waals surface area contributed by atoms with Crippen molar-refractivity contribution < 1.29 is 9.21 Å². The lowest BCUT2D eigenvalue weighted by atomic mass is 10.1. The summed E-state index contributed by atoms with van der Waals surface area (Å²) in [5, 5.41) is 4.98. The molecule has 7 heteroatoms. The Balaban J connectivity index is 1.51. The number of aromatic nitrogens is 1. The highest BCUT2D eigenvalue weighted by Gasteiger charge is 2.21. The third-order valence-electron chi connectivity index (χ3n) is 4.81. The minimum absolute atomic E-state index is 0.173. The molecule has 1 saturated heterocycles. The van der Waals surface area contributed by atoms with Crippen LogP contribution >= 0.6 is 23.2 Å². The van der Waals surface area contributed by atoms with Gasteiger partial charge < -0.3 is 19.6 Å². The molecule has 2 aromatic heterocycles. The van der Waals surface area contributed by atoms with Crippen molar-refractivity contribution in [1.29, 1.82) is 0 Å². The van der Waals surface area contributed by atoms with Crippen LogP contribution < -0.4 is 5.32 Å². The number of carbonyl (C=O) groups is 1. The van der Waals surface area contributed by atoms with E-state index in [1.807, 2.05) is 6.07 Å². The van der Waals surface area contributed by atoms with Crippen LogP contribution in [0.15, 0.2) is 34.7 Å². The van der Waals surface area contributed by atoms with Gasteiger partial charge in [0, 0.05) is 16.9 Å². The normalized spacial score (nSPS) is 16.3. The number of rotatable bonds is 3. The van der Waals surface area contributed by atoms with E-state index in [0.29, 0.717) is 21.6 Å². The van der Waals surface area contributed by atoms with Crippen LogP contribution in [-0.4, -0.2) is 42.0 Å². The number of furan rings is 1. The number of fused-ring (bicyclic) bond motifs is 1. The lowest BCUT2D eigenvalue weighted by Crippen LogP contribution is -2.43. The Morgan fingerprint density at radius 2 is 1.92 bits per heavy atom. The van der Waals surface area contributed by atoms with Crippen molar-refractivity contribution in [2.24, 2.45) is 0 Å². The van der Waals surface area contributed by atoms with Gasteiger partial charge in [-0.1, -0.05) is 23.2 Å². The van der Waals surface area contributed by atoms with E-state index < -0.39 is 0 Å². The SMILES string of the molecule is CN1CCC(NC(=O)c2ccc(-c3cc4cc(Cl)c(Cl)cc4[nH]3)o2)CC1. The summed E-state index contributed by atoms with van der Waals surface area (Å²) in [6, 6.07) is 9.19. The molecule has 136 valence electrons. The van der Waals surface area contributed by atoms with E-state index in [1.54, 1.807) is 24.3 Å². The maximum Gasteiger partial charge on any atom is 0.287 e. The fraction of sp³-hybridized carbons (Fsp3) is 0.316. The number of likely N-dealkylation sites (tertiary alicyclic amines) is 1. The van der Waals surface area contributed by atoms with Gasteiger partial charge in [-0.2, -0.15) is 0 Å². The first-order valence-corrected chi connectivity index (χ1v) is 9.32. The van der Waals surface area contributed by atoms with Crippen molar-refractivity contribution >= 4 is 40.0 Å². The van der Waals surface area contributed by atoms with Gasteiger partial charge in [0.25, 0.3) is 5.91 Å². The standard InChI is InChI=1S/C19H19Cl2N3O2/c1-24-6-4-12(5-7-24)22-19(25)18-3-2-17(26-18)16-9-11-8-13(20)14(21)10-15(11)23-16/h2-3,8-10,12,23H,4-7H2,1H3,(H,22,25). The smallest absolute Gasteiger partial charge is 0.287 e. The summed E-state index contributed by atoms with van der Waals surface area (Å²) in [5.41, 5.74) is 1.64. The maximum absolute atomic E-state index is 12.4. The Kier molecular flexibility index (Phi) is 4.69. The van der Waals surface area contributed by atoms with Crippen LogP contribution in [0.25, 0.3) is 22.4 Å². The van der Waals surface area contributed by atoms with Crippen molar-refractivity contribution in [2.75, 3.05) is 20.1 Å². The number of hydrogen-bond acceptors (Lipinski definition) is 3. The number of benzene rings is 1. The molecule has 1 aromatic carbocycles. The van der Waals surface area contributed by atoms with E-state index >= 15 is 0 Å². The van der Waals surface area contributed by atoms with E-state index in [9.17, 15) is 4.79 Å². The molecule has 0 aliphatic carbocycles. The minimum Gasteiger partial charge on any atom is -0.449 e. The van der Waals surface area contributed by atoms with E-state index in [0.717, 1.165) is 42.5 Å². The Morgan fingerprint density at radius 3 is 2.69 bits per heavy atom. The first-order chi connectivity index (χ1) is 12.5. The van der Waals surface area contributed by atoms with E-state index in [1.165, 1.54) is 0 Å². The summed E-state index contributed by atoms with van der Waals surface area (Å²) in [7, 11) is 2.09. The van der Waals surface area contributed by atoms with E-state index in [-0.39, 0.29) is 11.9 Å². The second-order valence-corrected chi connectivity index (χ2v) is 7.57. The molecule has 3 aromatic rings. The van der Waals surface area contributed by atoms with E-state index in [4.69, 9.17) is 27.6 Å². The number of hydrogen-bond donors (Lipinski definition) is 2. The maximum atomic E-state index is 12.4. The van der Waals surface area contributed by atoms with Gasteiger partial charge in [0.05, 0.1) is 15.7 Å². The van der Waals surface area contributed by atoms with Crippen LogP contribution in [0.1, 0.15) is 23.4 Å². The summed E-state index contributed by atoms with van der Waals surface area (Å²) < 4.78 is 5.76. The molecule has 1 amide bonds. The van der Waals surface area contributed by atoms with E-state index in [2.05, 4.69) is 22.2 Å². The number of H-pyrrole nitrogens is 1. The summed E-state index contributed by atoms with van der Waals surface area (Å²) in [5.74, 6) is 0.739. The summed E-state index contributed by atoms with van der Waals surface area (Å²) in [6.45, 7) is 1.99. The van der Waals surface area contributed by atoms with Gasteiger partial charge in [0.15, 0.2) is 11.5 Å². The second-order valence-electron chi connectivity index (χ2n) is 6.75. The highest BCUT2D eigenvalue weighted by atomic mass is 35.5. The Bertz CT molecular complexity index is 916. The molecule has 2 N–H and O–H groups in total. The van der Waals surface area contributed by atoms with Crippen LogP contribution in [0.5, 0.6) is 0 Å². The largest absolute Gasteiger partial charge is 0.449 e. The molecule has 1 fully saturated rings. The van der Waals surface area contributed by atoms with Crippen LogP contribution in [0, 0.1) is 0 Å². The highest BCUT2D eigenvalue weighted by Crippen LogP contribution is 2.31. The topological polar surface area (TPSA) is 61.3 Å². The molecule has 5 nitrogen and oxygen atoms in total. The number of halogens is 2. The molecular formula is C19H19Cl2N3O2. The molecule has 26 heavy (non-hydrogen) atoms. The fourth-order valence-corrected chi connectivity index (χ4v) is 3.61. The summed E-state index contributed by atoms with van der Waals surface area (Å²) in [6.07, 6.45) is 1.92. The molecule has 0 radical (unpaired) electrons. The molecule has 0 unspecified atom stereocenters. The van der Waals surface area contributed by atoms with Gasteiger partial charge in [-0.05, 0) is 63.3 Å². The van der Waals surface area contributed by atoms with Gasteiger partial charge in [0.1, 0.15) is 0 Å². The average molecular weight is 392 g/mol. The van der Waals surface area contributed by atoms with Crippen LogP contribution in [0.4, 0.5) is 0 Å². The average Bonchev–Trinajstić information content (AvgIpc) is 3.24. The van der Waals surface area contributed by atoms with Crippen molar-refractivity contribution in [2.45, 2.75) is 18.9 Å².